The van der Waals surface area contributed by atoms with Gasteiger partial charge in [-0.25, -0.2) is 0 Å². The molecule has 0 spiro atoms. The molecule has 0 bridgehead atoms. The molecular formula is C22H17N3O3. The molecule has 0 aliphatic rings. The van der Waals surface area contributed by atoms with Gasteiger partial charge in [-0.3, -0.25) is 20.4 Å². The van der Waals surface area contributed by atoms with Crippen molar-refractivity contribution in [3.63, 3.8) is 0 Å². The highest BCUT2D eigenvalue weighted by molar-refractivity contribution is 6.07. The molecule has 1 aromatic heterocycles. The van der Waals surface area contributed by atoms with Crippen LogP contribution >= 0.6 is 0 Å². The van der Waals surface area contributed by atoms with Crippen molar-refractivity contribution < 1.29 is 14.3 Å². The summed E-state index contributed by atoms with van der Waals surface area (Å²) >= 11 is 0. The Balaban J connectivity index is 1.37. The van der Waals surface area contributed by atoms with E-state index in [2.05, 4.69) is 15.8 Å². The number of carbonyl (C=O) groups excluding carboxylic acids is 2. The van der Waals surface area contributed by atoms with Crippen LogP contribution in [0.4, 0.5) is 0 Å². The van der Waals surface area contributed by atoms with Gasteiger partial charge in [0.15, 0.2) is 0 Å². The topological polar surface area (TPSA) is 83.2 Å². The lowest BCUT2D eigenvalue weighted by molar-refractivity contribution is 0.0847. The first-order valence-corrected chi connectivity index (χ1v) is 8.70. The van der Waals surface area contributed by atoms with E-state index in [-0.39, 0.29) is 0 Å². The van der Waals surface area contributed by atoms with Gasteiger partial charge in [-0.2, -0.15) is 0 Å². The molecule has 0 aliphatic carbocycles. The summed E-state index contributed by atoms with van der Waals surface area (Å²) in [6, 6.07) is 23.5. The second kappa shape index (κ2) is 7.67. The van der Waals surface area contributed by atoms with Crippen molar-refractivity contribution >= 4 is 22.7 Å². The van der Waals surface area contributed by atoms with Crippen LogP contribution in [0.3, 0.4) is 0 Å². The molecule has 3 N–H and O–H groups in total. The van der Waals surface area contributed by atoms with Gasteiger partial charge in [0.1, 0.15) is 11.5 Å². The van der Waals surface area contributed by atoms with Crippen LogP contribution < -0.4 is 15.6 Å². The fourth-order valence-electron chi connectivity index (χ4n) is 2.81. The number of ether oxygens (including phenoxy) is 1. The molecule has 4 rings (SSSR count). The maximum absolute atomic E-state index is 12.3. The molecule has 4 aromatic rings. The third kappa shape index (κ3) is 3.71. The zero-order valence-corrected chi connectivity index (χ0v) is 14.8. The first kappa shape index (κ1) is 17.4. The minimum atomic E-state index is -0.417. The van der Waals surface area contributed by atoms with Gasteiger partial charge < -0.3 is 9.72 Å². The van der Waals surface area contributed by atoms with Crippen molar-refractivity contribution in [3.05, 3.63) is 96.2 Å². The summed E-state index contributed by atoms with van der Waals surface area (Å²) in [5.41, 5.74) is 6.59. The summed E-state index contributed by atoms with van der Waals surface area (Å²) < 4.78 is 5.70. The number of H-pyrrole nitrogens is 1. The lowest BCUT2D eigenvalue weighted by Gasteiger charge is -2.08. The minimum Gasteiger partial charge on any atom is -0.457 e. The smallest absolute Gasteiger partial charge is 0.271 e. The van der Waals surface area contributed by atoms with Crippen LogP contribution in [0, 0.1) is 0 Å². The van der Waals surface area contributed by atoms with Crippen LogP contribution in [0.2, 0.25) is 0 Å². The van der Waals surface area contributed by atoms with Crippen molar-refractivity contribution in [2.45, 2.75) is 0 Å². The second-order valence-corrected chi connectivity index (χ2v) is 6.10. The van der Waals surface area contributed by atoms with Crippen LogP contribution in [0.1, 0.15) is 20.7 Å². The zero-order valence-electron chi connectivity index (χ0n) is 14.8. The van der Waals surface area contributed by atoms with Gasteiger partial charge in [-0.05, 0) is 42.5 Å². The van der Waals surface area contributed by atoms with Crippen molar-refractivity contribution in [1.29, 1.82) is 0 Å². The second-order valence-electron chi connectivity index (χ2n) is 6.10. The SMILES string of the molecule is O=C(NNC(=O)c1c[nH]c2ccccc12)c1ccc(Oc2ccccc2)cc1. The van der Waals surface area contributed by atoms with E-state index in [0.717, 1.165) is 10.9 Å². The third-order valence-corrected chi connectivity index (χ3v) is 4.22. The van der Waals surface area contributed by atoms with Crippen LogP contribution in [0.5, 0.6) is 11.5 Å². The van der Waals surface area contributed by atoms with Gasteiger partial charge in [-0.15, -0.1) is 0 Å². The molecular weight excluding hydrogens is 354 g/mol. The lowest BCUT2D eigenvalue weighted by Crippen LogP contribution is -2.41. The maximum Gasteiger partial charge on any atom is 0.271 e. The average molecular weight is 371 g/mol. The van der Waals surface area contributed by atoms with Gasteiger partial charge in [0.2, 0.25) is 0 Å². The average Bonchev–Trinajstić information content (AvgIpc) is 3.17. The van der Waals surface area contributed by atoms with Crippen molar-refractivity contribution in [3.8, 4) is 11.5 Å². The highest BCUT2D eigenvalue weighted by Gasteiger charge is 2.13. The lowest BCUT2D eigenvalue weighted by atomic mass is 10.2. The minimum absolute atomic E-state index is 0.394. The molecule has 0 aliphatic heterocycles. The number of fused-ring (bicyclic) bond motifs is 1. The van der Waals surface area contributed by atoms with Crippen LogP contribution in [0.15, 0.2) is 85.1 Å². The normalized spacial score (nSPS) is 10.4. The molecule has 6 heteroatoms. The summed E-state index contributed by atoms with van der Waals surface area (Å²) in [6.07, 6.45) is 1.61. The van der Waals surface area contributed by atoms with Crippen LogP contribution in [-0.2, 0) is 0 Å². The molecule has 0 saturated carbocycles. The molecule has 2 amide bonds. The monoisotopic (exact) mass is 371 g/mol. The zero-order chi connectivity index (χ0) is 19.3. The van der Waals surface area contributed by atoms with Crippen LogP contribution in [-0.4, -0.2) is 16.8 Å². The molecule has 28 heavy (non-hydrogen) atoms. The third-order valence-electron chi connectivity index (χ3n) is 4.22. The van der Waals surface area contributed by atoms with Gasteiger partial charge in [0.25, 0.3) is 11.8 Å². The van der Waals surface area contributed by atoms with E-state index >= 15 is 0 Å². The summed E-state index contributed by atoms with van der Waals surface area (Å²) in [5, 5.41) is 0.789. The number of amides is 2. The Labute approximate surface area is 161 Å². The predicted molar refractivity (Wildman–Crippen MR) is 106 cm³/mol. The van der Waals surface area contributed by atoms with E-state index in [1.807, 2.05) is 54.6 Å². The molecule has 138 valence electrons. The Morgan fingerprint density at radius 1 is 0.714 bits per heavy atom. The predicted octanol–water partition coefficient (Wildman–Crippen LogP) is 4.04. The molecule has 0 radical (unpaired) electrons. The number of benzene rings is 3. The van der Waals surface area contributed by atoms with Gasteiger partial charge in [0, 0.05) is 22.7 Å². The Morgan fingerprint density at radius 3 is 2.14 bits per heavy atom. The van der Waals surface area contributed by atoms with E-state index in [4.69, 9.17) is 4.74 Å². The molecule has 0 saturated heterocycles. The van der Waals surface area contributed by atoms with E-state index < -0.39 is 11.8 Å². The quantitative estimate of drug-likeness (QED) is 0.474. The summed E-state index contributed by atoms with van der Waals surface area (Å²) in [7, 11) is 0. The molecule has 1 heterocycles. The Bertz CT molecular complexity index is 1120. The number of hydrazine groups is 1. The van der Waals surface area contributed by atoms with E-state index in [1.165, 1.54) is 0 Å². The number of rotatable bonds is 4. The van der Waals surface area contributed by atoms with Gasteiger partial charge >= 0.3 is 0 Å². The fourth-order valence-corrected chi connectivity index (χ4v) is 2.81. The number of aromatic amines is 1. The number of para-hydroxylation sites is 2. The van der Waals surface area contributed by atoms with E-state index in [9.17, 15) is 9.59 Å². The molecule has 6 nitrogen and oxygen atoms in total. The van der Waals surface area contributed by atoms with Gasteiger partial charge in [-0.1, -0.05) is 36.4 Å². The number of aromatic nitrogens is 1. The van der Waals surface area contributed by atoms with Crippen molar-refractivity contribution in [2.75, 3.05) is 0 Å². The van der Waals surface area contributed by atoms with Gasteiger partial charge in [0.05, 0.1) is 5.56 Å². The summed E-state index contributed by atoms with van der Waals surface area (Å²) in [5.74, 6) is 0.519. The standard InChI is InChI=1S/C22H17N3O3/c26-21(15-10-12-17(13-11-15)28-16-6-2-1-3-7-16)24-25-22(27)19-14-23-20-9-5-4-8-18(19)20/h1-14,23H,(H,24,26)(H,25,27). The van der Waals surface area contributed by atoms with Crippen molar-refractivity contribution in [2.24, 2.45) is 0 Å². The number of carbonyl (C=O) groups is 2. The molecule has 0 fully saturated rings. The molecule has 0 unspecified atom stereocenters. The molecule has 0 atom stereocenters. The van der Waals surface area contributed by atoms with E-state index in [0.29, 0.717) is 22.6 Å². The highest BCUT2D eigenvalue weighted by atomic mass is 16.5. The number of hydrogen-bond acceptors (Lipinski definition) is 3. The van der Waals surface area contributed by atoms with Crippen LogP contribution in [0.25, 0.3) is 10.9 Å². The number of nitrogens with one attached hydrogen (secondary N) is 3. The highest BCUT2D eigenvalue weighted by Crippen LogP contribution is 2.21. The summed E-state index contributed by atoms with van der Waals surface area (Å²) in [6.45, 7) is 0. The number of hydrogen-bond donors (Lipinski definition) is 3. The summed E-state index contributed by atoms with van der Waals surface area (Å²) in [4.78, 5) is 27.7. The van der Waals surface area contributed by atoms with E-state index in [1.54, 1.807) is 30.5 Å². The first-order chi connectivity index (χ1) is 13.7. The largest absolute Gasteiger partial charge is 0.457 e. The Hall–Kier alpha value is -4.06. The Morgan fingerprint density at radius 2 is 1.36 bits per heavy atom. The maximum atomic E-state index is 12.3. The Kier molecular flexibility index (Phi) is 4.76. The first-order valence-electron chi connectivity index (χ1n) is 8.70. The fraction of sp³-hybridized carbons (Fsp3) is 0. The molecule has 3 aromatic carbocycles. The van der Waals surface area contributed by atoms with Crippen molar-refractivity contribution in [1.82, 2.24) is 15.8 Å².